The monoisotopic (exact) mass is 4770 g/mol. The van der Waals surface area contributed by atoms with Gasteiger partial charge in [-0.1, -0.05) is 1170 Å². The average Bonchev–Trinajstić information content (AvgIpc) is 1.08. The van der Waals surface area contributed by atoms with Gasteiger partial charge in [-0.25, -0.2) is 0 Å². The minimum absolute atomic E-state index is 1.15. The van der Waals surface area contributed by atoms with Gasteiger partial charge in [0.05, 0.1) is 0 Å². The standard InChI is InChI=1S/H151P149/c1-3-5-7-9-11-13-15-17-19-21-23-25-27-29-31-33-35-37-39-41-43-45-47-49-51-53-55-57-59-61-63-65-67-69-71-73-75-77-79-81-83-85-87-89-91-93-95-97-99-101-103-105-107-109-111-113-115-117-119-121-123-125-127-129-131-133-135-137-139-141-143-145-147-149-148-146-144-142-140-138-136-134-132-130-128-126-124-122-120-118-116-114-112-110-108-106-104-102-100-98-96-94-92-90-88-86-84-82-80-78-76-74-72-70-68-66-64-62-60-58-56-54-52-50-48-46-44-42-40-38-36-34-32-30-28-26-24-22-20-18-16-14-12-10-8-6-4-2/h3-149H,1-2H2. The summed E-state index contributed by atoms with van der Waals surface area (Å²) in [6.07, 6.45) is 0. The molecule has 0 aliphatic rings. The van der Waals surface area contributed by atoms with Crippen LogP contribution in [0.2, 0.25) is 0 Å². The van der Waals surface area contributed by atoms with Crippen LogP contribution < -0.4 is 0 Å². The Morgan fingerprint density at radius 3 is 0.0738 bits per heavy atom. The molecule has 148 atom stereocenters. The molecule has 0 aliphatic carbocycles. The van der Waals surface area contributed by atoms with Gasteiger partial charge in [0.1, 0.15) is 0 Å². The molecule has 0 heterocycles. The molecule has 0 radical (unpaired) electrons. The molecular formula is H151P149. The van der Waals surface area contributed by atoms with E-state index in [1.807, 2.05) is 0 Å². The molecule has 0 fully saturated rings. The highest BCUT2D eigenvalue weighted by molar-refractivity contribution is 9.06. The zero-order valence-corrected chi connectivity index (χ0v) is 224. The lowest BCUT2D eigenvalue weighted by Gasteiger charge is -2.07. The van der Waals surface area contributed by atoms with E-state index >= 15 is 0 Å². The topological polar surface area (TPSA) is 0 Å². The third-order valence-electron chi connectivity index (χ3n) is 9.14. The van der Waals surface area contributed by atoms with Gasteiger partial charge >= 0.3 is 0 Å². The molecule has 149 heavy (non-hydrogen) atoms. The fourth-order valence-electron chi connectivity index (χ4n) is 4.54. The highest BCUT2D eigenvalue weighted by Crippen LogP contribution is 3.00. The first-order valence-electron chi connectivity index (χ1n) is 37.1. The molecule has 0 rings (SSSR count). The molecule has 0 spiro atoms. The predicted octanol–water partition coefficient (Wildman–Crippen LogP) is 87.9. The SMILES string of the molecule is PPPPPPPPPPPPPPPPPPPPPPPPPPPPPPPPPPPPPPPPPPPPPPPPPPPPPPPPPPPPPPPPPPPPPPPPPPPPPPPPPPPPPPPPPPPPPPPPPPPPPPPPPPPPPPPPPPPPPPPPPPPPPPPPPPPPPPPPPPPPPPPPPPPPP. The van der Waals surface area contributed by atoms with Crippen LogP contribution in [-0.2, 0) is 0 Å². The summed E-state index contributed by atoms with van der Waals surface area (Å²) in [5.41, 5.74) is 0. The van der Waals surface area contributed by atoms with E-state index in [1.165, 1.54) is 1150 Å². The zero-order chi connectivity index (χ0) is 106. The molecule has 0 aromatic carbocycles. The first-order chi connectivity index (χ1) is 74.4. The van der Waals surface area contributed by atoms with Crippen LogP contribution in [0.3, 0.4) is 0 Å². The Bertz CT molecular complexity index is 1740. The van der Waals surface area contributed by atoms with Gasteiger partial charge in [0.25, 0.3) is 0 Å². The second-order valence-corrected chi connectivity index (χ2v) is 497. The molecule has 0 saturated heterocycles. The van der Waals surface area contributed by atoms with Crippen LogP contribution in [0.4, 0.5) is 0 Å². The number of rotatable bonds is 146. The average molecular weight is 4770 g/mol. The lowest BCUT2D eigenvalue weighted by atomic mass is 29.0. The van der Waals surface area contributed by atoms with E-state index in [9.17, 15) is 0 Å². The Hall–Kier alpha value is 64.1. The summed E-state index contributed by atoms with van der Waals surface area (Å²) in [5, 5.41) is 0. The van der Waals surface area contributed by atoms with E-state index in [0.717, 1.165) is 15.9 Å². The Balaban J connectivity index is 3.11. The van der Waals surface area contributed by atoms with Gasteiger partial charge in [-0.15, -0.1) is 17.9 Å². The number of hydrogen-bond acceptors (Lipinski definition) is 0. The molecule has 896 valence electrons. The number of hydrogen-bond donors (Lipinski definition) is 0. The van der Waals surface area contributed by atoms with Crippen LogP contribution >= 0.6 is 1190 Å². The van der Waals surface area contributed by atoms with Crippen LogP contribution in [0.5, 0.6) is 0 Å². The van der Waals surface area contributed by atoms with Crippen molar-refractivity contribution in [3.8, 4) is 0 Å². The van der Waals surface area contributed by atoms with Crippen molar-refractivity contribution in [2.24, 2.45) is 0 Å². The maximum atomic E-state index is 2.94. The first kappa shape index (κ1) is 213. The van der Waals surface area contributed by atoms with Crippen LogP contribution in [-0.4, -0.2) is 0 Å². The van der Waals surface area contributed by atoms with E-state index in [-0.39, 0.29) is 0 Å². The quantitative estimate of drug-likeness (QED) is 0.0421. The van der Waals surface area contributed by atoms with Gasteiger partial charge in [0.2, 0.25) is 0 Å². The molecule has 0 N–H and O–H groups in total. The third kappa shape index (κ3) is 212. The fourth-order valence-corrected chi connectivity index (χ4v) is 1100. The van der Waals surface area contributed by atoms with Gasteiger partial charge in [-0.3, -0.25) is 0 Å². The molecule has 0 saturated carbocycles. The Kier molecular flexibility index (Phi) is 303. The van der Waals surface area contributed by atoms with Gasteiger partial charge in [-0.2, -0.15) is 0 Å². The van der Waals surface area contributed by atoms with Crippen LogP contribution in [0.15, 0.2) is 0 Å². The van der Waals surface area contributed by atoms with E-state index < -0.39 is 0 Å². The van der Waals surface area contributed by atoms with Gasteiger partial charge < -0.3 is 0 Å². The molecule has 0 aliphatic heterocycles. The molecule has 0 bridgehead atoms. The fraction of sp³-hybridized carbons (Fsp3) is 0. The summed E-state index contributed by atoms with van der Waals surface area (Å²) in [4.78, 5) is 0. The van der Waals surface area contributed by atoms with Crippen molar-refractivity contribution in [1.82, 2.24) is 0 Å². The van der Waals surface area contributed by atoms with Gasteiger partial charge in [-0.05, 0) is 0 Å². The summed E-state index contributed by atoms with van der Waals surface area (Å²) in [7, 11) is 209. The van der Waals surface area contributed by atoms with E-state index in [2.05, 4.69) is 17.9 Å². The lowest BCUT2D eigenvalue weighted by molar-refractivity contribution is 4.92. The first-order valence-corrected chi connectivity index (χ1v) is 334. The summed E-state index contributed by atoms with van der Waals surface area (Å²) in [6.45, 7) is 0. The zero-order valence-electron chi connectivity index (χ0n) is 74.7. The van der Waals surface area contributed by atoms with E-state index in [0.29, 0.717) is 0 Å². The summed E-state index contributed by atoms with van der Waals surface area (Å²) >= 11 is 0. The van der Waals surface area contributed by atoms with Crippen molar-refractivity contribution in [1.29, 1.82) is 0 Å². The maximum absolute atomic E-state index is 2.94. The van der Waals surface area contributed by atoms with Crippen molar-refractivity contribution in [2.45, 2.75) is 0 Å². The predicted molar refractivity (Wildman–Crippen MR) is 1240 cm³/mol. The second kappa shape index (κ2) is 212. The molecule has 148 unspecified atom stereocenters. The van der Waals surface area contributed by atoms with Gasteiger partial charge in [0, 0.05) is 0 Å². The van der Waals surface area contributed by atoms with Gasteiger partial charge in [0.15, 0.2) is 0 Å². The van der Waals surface area contributed by atoms with Crippen LogP contribution in [0.25, 0.3) is 0 Å². The highest BCUT2D eigenvalue weighted by Gasteiger charge is 2.07. The minimum Gasteiger partial charge on any atom is -0.110 e. The molecule has 149 heteroatoms. The van der Waals surface area contributed by atoms with Crippen molar-refractivity contribution in [2.75, 3.05) is 0 Å². The smallest absolute Gasteiger partial charge is 0.0677 e. The van der Waals surface area contributed by atoms with Crippen LogP contribution in [0, 0.1) is 0 Å². The van der Waals surface area contributed by atoms with Crippen LogP contribution in [0.1, 0.15) is 0 Å². The molecule has 0 aromatic heterocycles. The minimum atomic E-state index is 1.15. The Labute approximate surface area is 1170 Å². The second-order valence-electron chi connectivity index (χ2n) is 18.4. The molecule has 0 amide bonds. The summed E-state index contributed by atoms with van der Waals surface area (Å²) in [5.74, 6) is 0. The maximum Gasteiger partial charge on any atom is -0.0677 e. The van der Waals surface area contributed by atoms with Crippen molar-refractivity contribution >= 4 is 1190 Å². The van der Waals surface area contributed by atoms with E-state index in [4.69, 9.17) is 0 Å². The highest BCUT2D eigenvalue weighted by atomic mass is 33.1. The molecule has 0 nitrogen and oxygen atoms in total. The Morgan fingerprint density at radius 2 is 0.0537 bits per heavy atom. The Morgan fingerprint density at radius 1 is 0.0336 bits per heavy atom. The van der Waals surface area contributed by atoms with Crippen molar-refractivity contribution in [3.05, 3.63) is 0 Å². The normalized spacial score (nSPS) is 23.7. The third-order valence-corrected chi connectivity index (χ3v) is 741. The largest absolute Gasteiger partial charge is 0.110 e. The molecule has 0 aromatic rings. The van der Waals surface area contributed by atoms with Crippen molar-refractivity contribution in [3.63, 3.8) is 0 Å². The van der Waals surface area contributed by atoms with E-state index in [1.54, 1.807) is 0 Å². The van der Waals surface area contributed by atoms with Crippen molar-refractivity contribution < 1.29 is 0 Å². The lowest BCUT2D eigenvalue weighted by Crippen LogP contribution is -1.14. The summed E-state index contributed by atoms with van der Waals surface area (Å²) < 4.78 is 0. The molecular weight excluding hydrogens is 4620 g/mol. The summed E-state index contributed by atoms with van der Waals surface area (Å²) in [6, 6.07) is 0.